The molecule has 0 unspecified atom stereocenters. The predicted octanol–water partition coefficient (Wildman–Crippen LogP) is 2.69. The molecule has 23 heavy (non-hydrogen) atoms. The zero-order valence-corrected chi connectivity index (χ0v) is 13.9. The minimum absolute atomic E-state index is 0.0870. The number of phenolic OH excluding ortho intramolecular Hbond substituents is 1. The van der Waals surface area contributed by atoms with E-state index in [1.54, 1.807) is 43.5 Å². The lowest BCUT2D eigenvalue weighted by Crippen LogP contribution is -2.24. The number of para-hydroxylation sites is 1. The molecule has 0 heterocycles. The molecule has 0 aliphatic heterocycles. The quantitative estimate of drug-likeness (QED) is 0.598. The SMILES string of the molecule is COc1ccc(OCC(=O)NN=Cc2ccccc2O)c(Br)c1. The topological polar surface area (TPSA) is 80.2 Å². The molecule has 1 amide bonds. The van der Waals surface area contributed by atoms with Gasteiger partial charge < -0.3 is 14.6 Å². The number of nitrogens with one attached hydrogen (secondary N) is 1. The molecule has 6 nitrogen and oxygen atoms in total. The molecule has 7 heteroatoms. The monoisotopic (exact) mass is 378 g/mol. The van der Waals surface area contributed by atoms with Gasteiger partial charge in [-0.05, 0) is 46.3 Å². The van der Waals surface area contributed by atoms with Gasteiger partial charge in [-0.3, -0.25) is 4.79 Å². The number of aromatic hydroxyl groups is 1. The maximum atomic E-state index is 11.7. The Balaban J connectivity index is 1.85. The van der Waals surface area contributed by atoms with E-state index >= 15 is 0 Å². The fraction of sp³-hybridized carbons (Fsp3) is 0.125. The average molecular weight is 379 g/mol. The van der Waals surface area contributed by atoms with E-state index < -0.39 is 5.91 Å². The number of hydrazone groups is 1. The Morgan fingerprint density at radius 1 is 1.35 bits per heavy atom. The Morgan fingerprint density at radius 3 is 2.83 bits per heavy atom. The van der Waals surface area contributed by atoms with E-state index in [1.165, 1.54) is 12.3 Å². The van der Waals surface area contributed by atoms with E-state index in [4.69, 9.17) is 9.47 Å². The number of halogens is 1. The third kappa shape index (κ3) is 5.00. The lowest BCUT2D eigenvalue weighted by Gasteiger charge is -2.08. The molecule has 120 valence electrons. The highest BCUT2D eigenvalue weighted by atomic mass is 79.9. The molecule has 2 rings (SSSR count). The molecule has 0 spiro atoms. The van der Waals surface area contributed by atoms with Gasteiger partial charge in [0, 0.05) is 5.56 Å². The number of methoxy groups -OCH3 is 1. The zero-order valence-electron chi connectivity index (χ0n) is 12.3. The van der Waals surface area contributed by atoms with Crippen molar-refractivity contribution >= 4 is 28.1 Å². The van der Waals surface area contributed by atoms with Gasteiger partial charge in [0.15, 0.2) is 6.61 Å². The predicted molar refractivity (Wildman–Crippen MR) is 90.0 cm³/mol. The number of rotatable bonds is 6. The summed E-state index contributed by atoms with van der Waals surface area (Å²) in [6.07, 6.45) is 1.36. The van der Waals surface area contributed by atoms with E-state index in [9.17, 15) is 9.90 Å². The molecule has 0 saturated heterocycles. The first kappa shape index (κ1) is 16.8. The number of ether oxygens (including phenoxy) is 2. The van der Waals surface area contributed by atoms with Crippen LogP contribution in [0.1, 0.15) is 5.56 Å². The normalized spacial score (nSPS) is 10.5. The average Bonchev–Trinajstić information content (AvgIpc) is 2.55. The first-order valence-corrected chi connectivity index (χ1v) is 7.45. The molecule has 0 radical (unpaired) electrons. The minimum atomic E-state index is -0.417. The zero-order chi connectivity index (χ0) is 16.7. The number of hydrogen-bond donors (Lipinski definition) is 2. The van der Waals surface area contributed by atoms with Crippen molar-refractivity contribution in [2.24, 2.45) is 5.10 Å². The Kier molecular flexibility index (Phi) is 5.99. The van der Waals surface area contributed by atoms with E-state index in [-0.39, 0.29) is 12.4 Å². The largest absolute Gasteiger partial charge is 0.507 e. The van der Waals surface area contributed by atoms with Crippen LogP contribution in [0.3, 0.4) is 0 Å². The van der Waals surface area contributed by atoms with Crippen molar-refractivity contribution in [2.75, 3.05) is 13.7 Å². The van der Waals surface area contributed by atoms with Gasteiger partial charge in [-0.25, -0.2) is 5.43 Å². The molecular weight excluding hydrogens is 364 g/mol. The molecule has 0 aromatic heterocycles. The van der Waals surface area contributed by atoms with Crippen molar-refractivity contribution in [2.45, 2.75) is 0 Å². The Bertz CT molecular complexity index is 719. The van der Waals surface area contributed by atoms with Gasteiger partial charge in [0.1, 0.15) is 17.2 Å². The summed E-state index contributed by atoms with van der Waals surface area (Å²) in [6, 6.07) is 11.8. The smallest absolute Gasteiger partial charge is 0.277 e. The summed E-state index contributed by atoms with van der Waals surface area (Å²) in [5, 5.41) is 13.3. The third-order valence-electron chi connectivity index (χ3n) is 2.83. The van der Waals surface area contributed by atoms with Gasteiger partial charge in [-0.15, -0.1) is 0 Å². The van der Waals surface area contributed by atoms with Crippen molar-refractivity contribution in [3.05, 3.63) is 52.5 Å². The van der Waals surface area contributed by atoms with Crippen LogP contribution in [0.5, 0.6) is 17.2 Å². The summed E-state index contributed by atoms with van der Waals surface area (Å²) in [6.45, 7) is -0.191. The van der Waals surface area contributed by atoms with Gasteiger partial charge >= 0.3 is 0 Å². The maximum Gasteiger partial charge on any atom is 0.277 e. The molecule has 2 aromatic rings. The van der Waals surface area contributed by atoms with Crippen molar-refractivity contribution < 1.29 is 19.4 Å². The van der Waals surface area contributed by atoms with Crippen LogP contribution in [0, 0.1) is 0 Å². The fourth-order valence-electron chi connectivity index (χ4n) is 1.67. The number of carbonyl (C=O) groups is 1. The molecule has 2 aromatic carbocycles. The molecule has 0 atom stereocenters. The van der Waals surface area contributed by atoms with Crippen LogP contribution in [0.25, 0.3) is 0 Å². The van der Waals surface area contributed by atoms with Gasteiger partial charge in [0.25, 0.3) is 5.91 Å². The second-order valence-electron chi connectivity index (χ2n) is 4.44. The molecular formula is C16H15BrN2O4. The van der Waals surface area contributed by atoms with Gasteiger partial charge in [-0.2, -0.15) is 5.10 Å². The van der Waals surface area contributed by atoms with Crippen molar-refractivity contribution in [1.29, 1.82) is 0 Å². The van der Waals surface area contributed by atoms with Crippen LogP contribution in [-0.2, 0) is 4.79 Å². The Labute approximate surface area is 141 Å². The molecule has 0 aliphatic carbocycles. The molecule has 2 N–H and O–H groups in total. The summed E-state index contributed by atoms with van der Waals surface area (Å²) in [5.74, 6) is 0.870. The van der Waals surface area contributed by atoms with Crippen molar-refractivity contribution in [1.82, 2.24) is 5.43 Å². The maximum absolute atomic E-state index is 11.7. The third-order valence-corrected chi connectivity index (χ3v) is 3.45. The summed E-state index contributed by atoms with van der Waals surface area (Å²) >= 11 is 3.34. The standard InChI is InChI=1S/C16H15BrN2O4/c1-22-12-6-7-15(13(17)8-12)23-10-16(21)19-18-9-11-4-2-3-5-14(11)20/h2-9,20H,10H2,1H3,(H,19,21). The van der Waals surface area contributed by atoms with Crippen LogP contribution in [0.15, 0.2) is 52.0 Å². The van der Waals surface area contributed by atoms with Crippen LogP contribution in [0.4, 0.5) is 0 Å². The second kappa shape index (κ2) is 8.19. The molecule has 0 saturated carbocycles. The summed E-state index contributed by atoms with van der Waals surface area (Å²) in [7, 11) is 1.57. The molecule has 0 fully saturated rings. The van der Waals surface area contributed by atoms with Crippen molar-refractivity contribution in [3.63, 3.8) is 0 Å². The first-order chi connectivity index (χ1) is 11.1. The second-order valence-corrected chi connectivity index (χ2v) is 5.29. The van der Waals surface area contributed by atoms with Gasteiger partial charge in [0.05, 0.1) is 17.8 Å². The number of hydrogen-bond acceptors (Lipinski definition) is 5. The first-order valence-electron chi connectivity index (χ1n) is 6.66. The number of nitrogens with zero attached hydrogens (tertiary/aromatic N) is 1. The van der Waals surface area contributed by atoms with Gasteiger partial charge in [-0.1, -0.05) is 12.1 Å². The molecule has 0 bridgehead atoms. The van der Waals surface area contributed by atoms with Crippen molar-refractivity contribution in [3.8, 4) is 17.2 Å². The Morgan fingerprint density at radius 2 is 2.13 bits per heavy atom. The van der Waals surface area contributed by atoms with E-state index in [0.29, 0.717) is 21.5 Å². The van der Waals surface area contributed by atoms with Crippen LogP contribution in [0.2, 0.25) is 0 Å². The summed E-state index contributed by atoms with van der Waals surface area (Å²) in [5.41, 5.74) is 2.83. The number of carbonyl (C=O) groups excluding carboxylic acids is 1. The highest BCUT2D eigenvalue weighted by molar-refractivity contribution is 9.10. The van der Waals surface area contributed by atoms with Crippen LogP contribution in [-0.4, -0.2) is 30.9 Å². The lowest BCUT2D eigenvalue weighted by atomic mass is 10.2. The van der Waals surface area contributed by atoms with Gasteiger partial charge in [0.2, 0.25) is 0 Å². The molecule has 0 aliphatic rings. The van der Waals surface area contributed by atoms with Crippen LogP contribution >= 0.6 is 15.9 Å². The fourth-order valence-corrected chi connectivity index (χ4v) is 2.14. The van der Waals surface area contributed by atoms with E-state index in [0.717, 1.165) is 0 Å². The highest BCUT2D eigenvalue weighted by Gasteiger charge is 2.06. The highest BCUT2D eigenvalue weighted by Crippen LogP contribution is 2.28. The number of benzene rings is 2. The minimum Gasteiger partial charge on any atom is -0.507 e. The number of phenols is 1. The van der Waals surface area contributed by atoms with E-state index in [1.807, 2.05) is 0 Å². The van der Waals surface area contributed by atoms with E-state index in [2.05, 4.69) is 26.5 Å². The summed E-state index contributed by atoms with van der Waals surface area (Å²) < 4.78 is 11.1. The number of amides is 1. The Hall–Kier alpha value is -2.54. The van der Waals surface area contributed by atoms with Crippen LogP contribution < -0.4 is 14.9 Å². The lowest BCUT2D eigenvalue weighted by molar-refractivity contribution is -0.123. The summed E-state index contributed by atoms with van der Waals surface area (Å²) in [4.78, 5) is 11.7.